The van der Waals surface area contributed by atoms with E-state index in [0.717, 1.165) is 31.9 Å². The Balaban J connectivity index is 0.00000280. The molecular formula is C29H41Cl2N5O4. The van der Waals surface area contributed by atoms with E-state index < -0.39 is 6.10 Å². The second-order valence-corrected chi connectivity index (χ2v) is 9.87. The van der Waals surface area contributed by atoms with Crippen LogP contribution in [0.3, 0.4) is 0 Å². The largest absolute Gasteiger partial charge is 0.497 e. The first-order valence-electron chi connectivity index (χ1n) is 13.0. The number of anilines is 1. The van der Waals surface area contributed by atoms with Gasteiger partial charge < -0.3 is 29.4 Å². The normalized spacial score (nSPS) is 14.1. The Bertz CT molecular complexity index is 1270. The van der Waals surface area contributed by atoms with Crippen LogP contribution in [0.5, 0.6) is 11.5 Å². The first-order valence-corrected chi connectivity index (χ1v) is 13.0. The molecule has 0 saturated carbocycles. The molecule has 1 amide bonds. The Kier molecular flexibility index (Phi) is 12.1. The second-order valence-electron chi connectivity index (χ2n) is 9.87. The average molecular weight is 595 g/mol. The number of piperazine rings is 1. The molecule has 1 aliphatic heterocycles. The van der Waals surface area contributed by atoms with Crippen LogP contribution in [-0.4, -0.2) is 85.1 Å². The predicted molar refractivity (Wildman–Crippen MR) is 164 cm³/mol. The van der Waals surface area contributed by atoms with Gasteiger partial charge in [0.15, 0.2) is 0 Å². The van der Waals surface area contributed by atoms with Crippen molar-refractivity contribution in [2.45, 2.75) is 33.8 Å². The van der Waals surface area contributed by atoms with Gasteiger partial charge in [-0.3, -0.25) is 9.69 Å². The minimum Gasteiger partial charge on any atom is -0.497 e. The van der Waals surface area contributed by atoms with Gasteiger partial charge in [0.2, 0.25) is 0 Å². The smallest absolute Gasteiger partial charge is 0.271 e. The summed E-state index contributed by atoms with van der Waals surface area (Å²) in [6.07, 6.45) is -0.669. The molecule has 0 spiro atoms. The molecule has 1 atom stereocenters. The number of hydrogen-bond acceptors (Lipinski definition) is 7. The molecule has 40 heavy (non-hydrogen) atoms. The second kappa shape index (κ2) is 14.6. The molecule has 1 saturated heterocycles. The van der Waals surface area contributed by atoms with Crippen molar-refractivity contribution in [1.82, 2.24) is 19.8 Å². The van der Waals surface area contributed by atoms with Gasteiger partial charge in [0, 0.05) is 63.2 Å². The molecule has 9 nitrogen and oxygen atoms in total. The third-order valence-electron chi connectivity index (χ3n) is 7.34. The van der Waals surface area contributed by atoms with Gasteiger partial charge in [-0.05, 0) is 44.9 Å². The minimum atomic E-state index is -0.669. The number of aryl methyl sites for hydroxylation is 2. The first kappa shape index (κ1) is 33.2. The maximum absolute atomic E-state index is 13.0. The number of amides is 1. The Labute approximate surface area is 249 Å². The minimum absolute atomic E-state index is 0. The zero-order valence-electron chi connectivity index (χ0n) is 24.1. The van der Waals surface area contributed by atoms with E-state index in [1.54, 1.807) is 20.3 Å². The van der Waals surface area contributed by atoms with Gasteiger partial charge in [-0.15, -0.1) is 24.8 Å². The zero-order valence-corrected chi connectivity index (χ0v) is 25.7. The molecule has 2 N–H and O–H groups in total. The molecule has 0 bridgehead atoms. The van der Waals surface area contributed by atoms with Gasteiger partial charge in [-0.1, -0.05) is 12.1 Å². The predicted octanol–water partition coefficient (Wildman–Crippen LogP) is 3.88. The van der Waals surface area contributed by atoms with Crippen LogP contribution >= 0.6 is 24.8 Å². The van der Waals surface area contributed by atoms with Crippen molar-refractivity contribution >= 4 is 36.4 Å². The summed E-state index contributed by atoms with van der Waals surface area (Å²) in [5.74, 6) is 1.66. The fourth-order valence-electron chi connectivity index (χ4n) is 5.06. The van der Waals surface area contributed by atoms with E-state index in [9.17, 15) is 9.90 Å². The fraction of sp³-hybridized carbons (Fsp3) is 0.448. The van der Waals surface area contributed by atoms with E-state index in [4.69, 9.17) is 9.47 Å². The summed E-state index contributed by atoms with van der Waals surface area (Å²) in [5.41, 5.74) is 5.74. The highest BCUT2D eigenvalue weighted by Gasteiger charge is 2.23. The highest BCUT2D eigenvalue weighted by atomic mass is 35.5. The van der Waals surface area contributed by atoms with E-state index in [1.807, 2.05) is 30.5 Å². The summed E-state index contributed by atoms with van der Waals surface area (Å²) in [7, 11) is 3.20. The summed E-state index contributed by atoms with van der Waals surface area (Å²) in [4.78, 5) is 22.2. The molecule has 3 aromatic rings. The Hall–Kier alpha value is -2.98. The summed E-state index contributed by atoms with van der Waals surface area (Å²) in [5, 5.41) is 13.5. The molecule has 11 heteroatoms. The van der Waals surface area contributed by atoms with Crippen molar-refractivity contribution in [3.05, 3.63) is 64.7 Å². The highest BCUT2D eigenvalue weighted by molar-refractivity contribution is 5.93. The van der Waals surface area contributed by atoms with Crippen molar-refractivity contribution in [3.63, 3.8) is 0 Å². The molecule has 4 rings (SSSR count). The lowest BCUT2D eigenvalue weighted by atomic mass is 10.1. The number of nitrogens with one attached hydrogen (secondary N) is 1. The maximum atomic E-state index is 13.0. The van der Waals surface area contributed by atoms with E-state index in [-0.39, 0.29) is 37.3 Å². The highest BCUT2D eigenvalue weighted by Crippen LogP contribution is 2.28. The number of aliphatic hydroxyl groups excluding tert-OH is 1. The lowest BCUT2D eigenvalue weighted by molar-refractivity contribution is 0.0847. The number of nitrogens with zero attached hydrogens (tertiary/aromatic N) is 4. The molecule has 1 unspecified atom stereocenters. The van der Waals surface area contributed by atoms with Crippen molar-refractivity contribution in [1.29, 1.82) is 0 Å². The molecular weight excluding hydrogens is 553 g/mol. The number of rotatable bonds is 9. The number of aromatic nitrogens is 2. The average Bonchev–Trinajstić information content (AvgIpc) is 3.22. The molecule has 1 fully saturated rings. The fourth-order valence-corrected chi connectivity index (χ4v) is 5.06. The number of β-amino-alcohol motifs (C(OH)–C–C–N with tert-alkyl or cyclic N) is 1. The van der Waals surface area contributed by atoms with Crippen LogP contribution in [0.1, 0.15) is 33.1 Å². The number of methoxy groups -OCH3 is 2. The lowest BCUT2D eigenvalue weighted by Crippen LogP contribution is -2.50. The zero-order chi connectivity index (χ0) is 27.4. The van der Waals surface area contributed by atoms with Crippen LogP contribution in [0.4, 0.5) is 5.69 Å². The summed E-state index contributed by atoms with van der Waals surface area (Å²) >= 11 is 0. The quantitative estimate of drug-likeness (QED) is 0.389. The van der Waals surface area contributed by atoms with Gasteiger partial charge in [0.1, 0.15) is 23.0 Å². The molecule has 220 valence electrons. The topological polar surface area (TPSA) is 92.1 Å². The van der Waals surface area contributed by atoms with E-state index in [1.165, 1.54) is 16.8 Å². The maximum Gasteiger partial charge on any atom is 0.271 e. The molecule has 2 heterocycles. The van der Waals surface area contributed by atoms with Gasteiger partial charge in [0.05, 0.1) is 31.7 Å². The lowest BCUT2D eigenvalue weighted by Gasteiger charge is -2.37. The molecule has 0 radical (unpaired) electrons. The van der Waals surface area contributed by atoms with E-state index >= 15 is 0 Å². The van der Waals surface area contributed by atoms with Gasteiger partial charge >= 0.3 is 0 Å². The number of imidazole rings is 1. The Morgan fingerprint density at radius 2 is 1.62 bits per heavy atom. The summed E-state index contributed by atoms with van der Waals surface area (Å²) in [6.45, 7) is 12.2. The van der Waals surface area contributed by atoms with Crippen molar-refractivity contribution in [3.8, 4) is 17.2 Å². The number of hydrogen-bond donors (Lipinski definition) is 2. The molecule has 1 aliphatic rings. The Morgan fingerprint density at radius 3 is 2.23 bits per heavy atom. The van der Waals surface area contributed by atoms with Crippen LogP contribution in [0.15, 0.2) is 36.4 Å². The van der Waals surface area contributed by atoms with Crippen molar-refractivity contribution in [2.24, 2.45) is 0 Å². The first-order chi connectivity index (χ1) is 18.2. The van der Waals surface area contributed by atoms with E-state index in [2.05, 4.69) is 52.1 Å². The number of carbonyl (C=O) groups excluding carboxylic acids is 1. The number of aliphatic hydroxyl groups is 1. The van der Waals surface area contributed by atoms with E-state index in [0.29, 0.717) is 35.3 Å². The summed E-state index contributed by atoms with van der Waals surface area (Å²) < 4.78 is 12.7. The van der Waals surface area contributed by atoms with Crippen LogP contribution in [0, 0.1) is 27.7 Å². The number of ether oxygens (including phenoxy) is 2. The van der Waals surface area contributed by atoms with Gasteiger partial charge in [0.25, 0.3) is 5.91 Å². The Morgan fingerprint density at radius 1 is 1.00 bits per heavy atom. The van der Waals surface area contributed by atoms with Crippen LogP contribution in [-0.2, 0) is 0 Å². The van der Waals surface area contributed by atoms with Crippen molar-refractivity contribution < 1.29 is 19.4 Å². The molecule has 0 aliphatic carbocycles. The monoisotopic (exact) mass is 593 g/mol. The van der Waals surface area contributed by atoms with Gasteiger partial charge in [-0.25, -0.2) is 4.98 Å². The number of halogens is 2. The summed E-state index contributed by atoms with van der Waals surface area (Å²) in [6, 6.07) is 12.0. The molecule has 1 aromatic heterocycles. The molecule has 2 aromatic carbocycles. The third-order valence-corrected chi connectivity index (χ3v) is 7.34. The van der Waals surface area contributed by atoms with Crippen LogP contribution < -0.4 is 19.7 Å². The third kappa shape index (κ3) is 7.40. The standard InChI is InChI=1S/C29H39N5O4.2ClH/c1-19-8-7-9-27(20(19)2)33-12-10-32(11-13-33)18-24(35)17-30-29(36)28-21(3)34(22(4)31-28)23-14-25(37-5)16-26(15-23)38-6;;/h7-9,14-16,24,35H,10-13,17-18H2,1-6H3,(H,30,36);2*1H. The SMILES string of the molecule is COc1cc(OC)cc(-n2c(C)nc(C(=O)NCC(O)CN3CCN(c4cccc(C)c4C)CC3)c2C)c1.Cl.Cl. The number of carbonyl (C=O) groups is 1. The number of benzene rings is 2. The van der Waals surface area contributed by atoms with Gasteiger partial charge in [-0.2, -0.15) is 0 Å². The van der Waals surface area contributed by atoms with Crippen LogP contribution in [0.2, 0.25) is 0 Å². The van der Waals surface area contributed by atoms with Crippen LogP contribution in [0.25, 0.3) is 5.69 Å². The van der Waals surface area contributed by atoms with Crippen molar-refractivity contribution in [2.75, 3.05) is 58.4 Å².